The number of nitrogens with zero attached hydrogens (tertiary/aromatic N) is 5. The molecule has 5 rings (SSSR count). The van der Waals surface area contributed by atoms with Gasteiger partial charge in [-0.3, -0.25) is 4.79 Å². The smallest absolute Gasteiger partial charge is 0.254 e. The van der Waals surface area contributed by atoms with Crippen LogP contribution < -0.4 is 4.90 Å². The summed E-state index contributed by atoms with van der Waals surface area (Å²) in [5, 5.41) is 1.02. The van der Waals surface area contributed by atoms with E-state index in [0.29, 0.717) is 28.8 Å². The number of carbonyl (C=O) groups is 1. The van der Waals surface area contributed by atoms with E-state index in [4.69, 9.17) is 32.9 Å². The number of anilines is 1. The van der Waals surface area contributed by atoms with Gasteiger partial charge in [0, 0.05) is 45.4 Å². The second kappa shape index (κ2) is 15.9. The van der Waals surface area contributed by atoms with Gasteiger partial charge in [0.15, 0.2) is 0 Å². The Morgan fingerprint density at radius 2 is 1.72 bits per heavy atom. The van der Waals surface area contributed by atoms with Crippen LogP contribution in [0, 0.1) is 0 Å². The molecule has 1 unspecified atom stereocenters. The first-order valence-corrected chi connectivity index (χ1v) is 17.7. The Bertz CT molecular complexity index is 1630. The molecule has 1 aliphatic rings. The van der Waals surface area contributed by atoms with Crippen LogP contribution in [-0.4, -0.2) is 78.2 Å². The largest absolute Gasteiger partial charge is 0.380 e. The molecule has 3 aromatic carbocycles. The lowest BCUT2D eigenvalue weighted by Gasteiger charge is -2.30. The van der Waals surface area contributed by atoms with Crippen LogP contribution in [0.3, 0.4) is 0 Å². The average Bonchev–Trinajstić information content (AvgIpc) is 3.26. The fraction of sp³-hybridized carbons (Fsp3) is 0.474. The molecule has 1 aliphatic heterocycles. The van der Waals surface area contributed by atoms with E-state index in [1.54, 1.807) is 0 Å². The molecule has 1 saturated heterocycles. The summed E-state index contributed by atoms with van der Waals surface area (Å²) >= 11 is 12.7. The fourth-order valence-corrected chi connectivity index (χ4v) is 6.80. The number of para-hydroxylation sites is 2. The predicted molar refractivity (Wildman–Crippen MR) is 195 cm³/mol. The summed E-state index contributed by atoms with van der Waals surface area (Å²) in [5.41, 5.74) is 5.09. The van der Waals surface area contributed by atoms with Gasteiger partial charge in [-0.15, -0.1) is 0 Å². The first-order chi connectivity index (χ1) is 22.6. The lowest BCUT2D eigenvalue weighted by molar-refractivity contribution is 0.0717. The lowest BCUT2D eigenvalue weighted by Crippen LogP contribution is -2.34. The molecule has 9 heteroatoms. The van der Waals surface area contributed by atoms with Gasteiger partial charge in [0.25, 0.3) is 5.91 Å². The van der Waals surface area contributed by atoms with Crippen molar-refractivity contribution in [3.8, 4) is 0 Å². The van der Waals surface area contributed by atoms with Crippen LogP contribution in [-0.2, 0) is 16.7 Å². The number of hydrogen-bond acceptors (Lipinski definition) is 5. The molecule has 4 aromatic rings. The third-order valence-corrected chi connectivity index (χ3v) is 9.97. The monoisotopic (exact) mass is 677 g/mol. The summed E-state index contributed by atoms with van der Waals surface area (Å²) in [6.45, 7) is 15.6. The van der Waals surface area contributed by atoms with E-state index in [9.17, 15) is 4.79 Å². The normalized spacial score (nSPS) is 15.2. The quantitative estimate of drug-likeness (QED) is 0.141. The average molecular weight is 679 g/mol. The van der Waals surface area contributed by atoms with Crippen molar-refractivity contribution in [2.24, 2.45) is 0 Å². The molecule has 47 heavy (non-hydrogen) atoms. The Hall–Kier alpha value is -3.10. The summed E-state index contributed by atoms with van der Waals surface area (Å²) in [7, 11) is 1.90. The molecular formula is C38H49Cl2N5O2. The van der Waals surface area contributed by atoms with Gasteiger partial charge < -0.3 is 24.0 Å². The van der Waals surface area contributed by atoms with Crippen molar-refractivity contribution in [2.45, 2.75) is 65.0 Å². The number of imidazole rings is 1. The maximum Gasteiger partial charge on any atom is 0.254 e. The molecule has 1 fully saturated rings. The number of rotatable bonds is 12. The van der Waals surface area contributed by atoms with Crippen LogP contribution >= 0.6 is 23.2 Å². The number of aromatic nitrogens is 2. The molecule has 0 bridgehead atoms. The molecule has 0 spiro atoms. The van der Waals surface area contributed by atoms with E-state index in [2.05, 4.69) is 71.5 Å². The van der Waals surface area contributed by atoms with E-state index in [0.717, 1.165) is 81.1 Å². The van der Waals surface area contributed by atoms with Crippen molar-refractivity contribution in [1.82, 2.24) is 19.4 Å². The van der Waals surface area contributed by atoms with E-state index in [1.165, 1.54) is 5.56 Å². The molecule has 1 atom stereocenters. The second-order valence-corrected chi connectivity index (χ2v) is 14.3. The molecule has 2 heterocycles. The van der Waals surface area contributed by atoms with Crippen molar-refractivity contribution in [1.29, 1.82) is 0 Å². The molecule has 1 amide bonds. The summed E-state index contributed by atoms with van der Waals surface area (Å²) in [6.07, 6.45) is 2.82. The van der Waals surface area contributed by atoms with Gasteiger partial charge >= 0.3 is 0 Å². The Kier molecular flexibility index (Phi) is 11.9. The second-order valence-electron chi connectivity index (χ2n) is 13.5. The van der Waals surface area contributed by atoms with Crippen LogP contribution in [0.2, 0.25) is 10.0 Å². The van der Waals surface area contributed by atoms with Crippen LogP contribution in [0.1, 0.15) is 74.5 Å². The Labute approximate surface area is 290 Å². The van der Waals surface area contributed by atoms with E-state index < -0.39 is 0 Å². The van der Waals surface area contributed by atoms with Crippen molar-refractivity contribution in [2.75, 3.05) is 57.9 Å². The van der Waals surface area contributed by atoms with Gasteiger partial charge in [0.05, 0.1) is 33.7 Å². The summed E-state index contributed by atoms with van der Waals surface area (Å²) < 4.78 is 8.02. The number of fused-ring (bicyclic) bond motifs is 1. The Morgan fingerprint density at radius 1 is 0.957 bits per heavy atom. The Morgan fingerprint density at radius 3 is 2.45 bits per heavy atom. The van der Waals surface area contributed by atoms with Gasteiger partial charge in [0.1, 0.15) is 0 Å². The maximum atomic E-state index is 13.8. The maximum absolute atomic E-state index is 13.8. The molecule has 252 valence electrons. The van der Waals surface area contributed by atoms with Crippen LogP contribution in [0.4, 0.5) is 5.95 Å². The Balaban J connectivity index is 1.25. The number of amides is 1. The zero-order valence-corrected chi connectivity index (χ0v) is 30.0. The standard InChI is InChI=1S/C38H49Cl2N5O2/c1-6-47-26-25-45-35-12-8-7-11-33(35)41-37(45)44-22-10-21-43(23-24-44)20-9-13-34(29-16-19-31(39)32(40)27-29)42(5)36(46)28-14-17-30(18-15-28)38(2,3)4/h7-8,11-12,14-19,27,34H,6,9-10,13,20-26H2,1-5H3. The van der Waals surface area contributed by atoms with E-state index in [-0.39, 0.29) is 17.4 Å². The molecule has 0 aliphatic carbocycles. The van der Waals surface area contributed by atoms with Gasteiger partial charge in [-0.05, 0) is 92.2 Å². The third kappa shape index (κ3) is 8.69. The van der Waals surface area contributed by atoms with Gasteiger partial charge in [-0.2, -0.15) is 0 Å². The predicted octanol–water partition coefficient (Wildman–Crippen LogP) is 8.48. The minimum atomic E-state index is -0.131. The van der Waals surface area contributed by atoms with Crippen LogP contribution in [0.5, 0.6) is 0 Å². The number of benzene rings is 3. The SMILES string of the molecule is CCOCCn1c(N2CCCN(CCCC(c3ccc(Cl)c(Cl)c3)N(C)C(=O)c3ccc(C(C)(C)C)cc3)CC2)nc2ccccc21. The molecule has 0 N–H and O–H groups in total. The fourth-order valence-electron chi connectivity index (χ4n) is 6.49. The first-order valence-electron chi connectivity index (χ1n) is 16.9. The topological polar surface area (TPSA) is 53.8 Å². The summed E-state index contributed by atoms with van der Waals surface area (Å²) in [5.74, 6) is 1.03. The first kappa shape index (κ1) is 35.2. The van der Waals surface area contributed by atoms with Gasteiger partial charge in [-0.25, -0.2) is 4.98 Å². The minimum absolute atomic E-state index is 0.000767. The summed E-state index contributed by atoms with van der Waals surface area (Å²) in [6, 6.07) is 22.0. The number of ether oxygens (including phenoxy) is 1. The van der Waals surface area contributed by atoms with Crippen molar-refractivity contribution in [3.05, 3.63) is 93.5 Å². The van der Waals surface area contributed by atoms with Crippen molar-refractivity contribution in [3.63, 3.8) is 0 Å². The van der Waals surface area contributed by atoms with Crippen LogP contribution in [0.25, 0.3) is 11.0 Å². The van der Waals surface area contributed by atoms with Gasteiger partial charge in [0.2, 0.25) is 5.95 Å². The zero-order chi connectivity index (χ0) is 33.6. The highest BCUT2D eigenvalue weighted by Crippen LogP contribution is 2.32. The molecule has 7 nitrogen and oxygen atoms in total. The zero-order valence-electron chi connectivity index (χ0n) is 28.5. The van der Waals surface area contributed by atoms with Crippen molar-refractivity contribution >= 4 is 46.1 Å². The highest BCUT2D eigenvalue weighted by Gasteiger charge is 2.26. The number of carbonyl (C=O) groups excluding carboxylic acids is 1. The van der Waals surface area contributed by atoms with Crippen molar-refractivity contribution < 1.29 is 9.53 Å². The third-order valence-electron chi connectivity index (χ3n) is 9.24. The number of halogens is 2. The highest BCUT2D eigenvalue weighted by atomic mass is 35.5. The molecule has 1 aromatic heterocycles. The number of hydrogen-bond donors (Lipinski definition) is 0. The molecule has 0 radical (unpaired) electrons. The van der Waals surface area contributed by atoms with E-state index >= 15 is 0 Å². The highest BCUT2D eigenvalue weighted by molar-refractivity contribution is 6.42. The summed E-state index contributed by atoms with van der Waals surface area (Å²) in [4.78, 5) is 25.7. The van der Waals surface area contributed by atoms with Gasteiger partial charge in [-0.1, -0.05) is 74.3 Å². The van der Waals surface area contributed by atoms with E-state index in [1.807, 2.05) is 49.2 Å². The minimum Gasteiger partial charge on any atom is -0.380 e. The lowest BCUT2D eigenvalue weighted by atomic mass is 9.86. The molecular weight excluding hydrogens is 629 g/mol. The van der Waals surface area contributed by atoms with Crippen LogP contribution in [0.15, 0.2) is 66.7 Å². The molecule has 0 saturated carbocycles.